The summed E-state index contributed by atoms with van der Waals surface area (Å²) in [4.78, 5) is 50.1. The van der Waals surface area contributed by atoms with Crippen molar-refractivity contribution >= 4 is 45.0 Å². The fourth-order valence-corrected chi connectivity index (χ4v) is 4.41. The van der Waals surface area contributed by atoms with Crippen LogP contribution in [-0.4, -0.2) is 37.4 Å². The van der Waals surface area contributed by atoms with Crippen LogP contribution in [0.5, 0.6) is 0 Å². The maximum absolute atomic E-state index is 13.1. The standard InChI is InChI=1S/C21H19N5O3S2/c1-30-10-8-17(26-19(28)14-6-2-3-7-15(14)24-21(26)29)18(27)25-20-23-16(12-31-20)13-5-4-9-22-11-13/h2-7,9,11-12,17H,8,10H2,1H3,(H,24,29)(H,23,25,27). The van der Waals surface area contributed by atoms with Gasteiger partial charge in [0.25, 0.3) is 5.56 Å². The van der Waals surface area contributed by atoms with Gasteiger partial charge in [0.2, 0.25) is 5.91 Å². The first-order valence-corrected chi connectivity index (χ1v) is 11.7. The Balaban J connectivity index is 1.67. The quantitative estimate of drug-likeness (QED) is 0.445. The van der Waals surface area contributed by atoms with Crippen LogP contribution in [0.1, 0.15) is 12.5 Å². The third-order valence-corrected chi connectivity index (χ3v) is 6.14. The Labute approximate surface area is 185 Å². The SMILES string of the molecule is CSCCC(C(=O)Nc1nc(-c2cccnc2)cs1)n1c(=O)[nH]c2ccccc2c1=O. The number of para-hydroxylation sites is 1. The molecular weight excluding hydrogens is 434 g/mol. The number of rotatable bonds is 7. The molecule has 4 aromatic rings. The Morgan fingerprint density at radius 2 is 2.10 bits per heavy atom. The second-order valence-corrected chi connectivity index (χ2v) is 8.56. The van der Waals surface area contributed by atoms with Gasteiger partial charge in [-0.1, -0.05) is 12.1 Å². The van der Waals surface area contributed by atoms with Crippen molar-refractivity contribution in [2.45, 2.75) is 12.5 Å². The second kappa shape index (κ2) is 9.27. The largest absolute Gasteiger partial charge is 0.329 e. The number of thioether (sulfide) groups is 1. The molecular formula is C21H19N5O3S2. The van der Waals surface area contributed by atoms with E-state index in [0.29, 0.717) is 33.9 Å². The molecule has 0 aliphatic rings. The molecule has 1 unspecified atom stereocenters. The van der Waals surface area contributed by atoms with Gasteiger partial charge in [-0.25, -0.2) is 14.3 Å². The van der Waals surface area contributed by atoms with Crippen molar-refractivity contribution in [3.05, 3.63) is 75.0 Å². The highest BCUT2D eigenvalue weighted by molar-refractivity contribution is 7.98. The third-order valence-electron chi connectivity index (χ3n) is 4.74. The molecule has 3 heterocycles. The molecule has 0 radical (unpaired) electrons. The van der Waals surface area contributed by atoms with Crippen molar-refractivity contribution in [1.29, 1.82) is 0 Å². The summed E-state index contributed by atoms with van der Waals surface area (Å²) in [7, 11) is 0. The summed E-state index contributed by atoms with van der Waals surface area (Å²) in [6.45, 7) is 0. The first kappa shape index (κ1) is 21.0. The molecule has 0 fully saturated rings. The van der Waals surface area contributed by atoms with Gasteiger partial charge in [0, 0.05) is 23.3 Å². The number of thiazole rings is 1. The first-order valence-electron chi connectivity index (χ1n) is 9.48. The van der Waals surface area contributed by atoms with E-state index < -0.39 is 23.2 Å². The number of amides is 1. The highest BCUT2D eigenvalue weighted by atomic mass is 32.2. The molecule has 0 saturated heterocycles. The number of benzene rings is 1. The Kier molecular flexibility index (Phi) is 6.28. The minimum Gasteiger partial charge on any atom is -0.307 e. The summed E-state index contributed by atoms with van der Waals surface area (Å²) < 4.78 is 1.00. The van der Waals surface area contributed by atoms with Crippen LogP contribution >= 0.6 is 23.1 Å². The summed E-state index contributed by atoms with van der Waals surface area (Å²) in [5, 5.41) is 5.34. The predicted molar refractivity (Wildman–Crippen MR) is 125 cm³/mol. The number of anilines is 1. The highest BCUT2D eigenvalue weighted by Crippen LogP contribution is 2.25. The van der Waals surface area contributed by atoms with Crippen molar-refractivity contribution in [3.8, 4) is 11.3 Å². The van der Waals surface area contributed by atoms with Crippen molar-refractivity contribution in [2.75, 3.05) is 17.3 Å². The number of hydrogen-bond acceptors (Lipinski definition) is 7. The van der Waals surface area contributed by atoms with Crippen LogP contribution in [0.15, 0.2) is 63.8 Å². The number of pyridine rings is 1. The van der Waals surface area contributed by atoms with Crippen molar-refractivity contribution in [1.82, 2.24) is 19.5 Å². The Morgan fingerprint density at radius 1 is 1.26 bits per heavy atom. The van der Waals surface area contributed by atoms with E-state index >= 15 is 0 Å². The molecule has 0 spiro atoms. The zero-order valence-electron chi connectivity index (χ0n) is 16.6. The third kappa shape index (κ3) is 4.44. The Bertz CT molecular complexity index is 1330. The fourth-order valence-electron chi connectivity index (χ4n) is 3.23. The van der Waals surface area contributed by atoms with E-state index in [1.807, 2.05) is 23.8 Å². The molecule has 4 rings (SSSR count). The molecule has 0 saturated carbocycles. The van der Waals surface area contributed by atoms with Gasteiger partial charge < -0.3 is 10.3 Å². The van der Waals surface area contributed by atoms with E-state index in [-0.39, 0.29) is 0 Å². The van der Waals surface area contributed by atoms with Crippen LogP contribution in [0.2, 0.25) is 0 Å². The number of hydrogen-bond donors (Lipinski definition) is 2. The molecule has 0 bridgehead atoms. The normalized spacial score (nSPS) is 12.0. The number of fused-ring (bicyclic) bond motifs is 1. The van der Waals surface area contributed by atoms with Gasteiger partial charge >= 0.3 is 5.69 Å². The van der Waals surface area contributed by atoms with Crippen LogP contribution in [0.3, 0.4) is 0 Å². The average molecular weight is 454 g/mol. The molecule has 31 heavy (non-hydrogen) atoms. The number of nitrogens with zero attached hydrogens (tertiary/aromatic N) is 3. The van der Waals surface area contributed by atoms with Crippen LogP contribution in [-0.2, 0) is 4.79 Å². The van der Waals surface area contributed by atoms with Crippen LogP contribution < -0.4 is 16.6 Å². The molecule has 2 N–H and O–H groups in total. The molecule has 0 aliphatic heterocycles. The van der Waals surface area contributed by atoms with Gasteiger partial charge in [-0.3, -0.25) is 14.6 Å². The summed E-state index contributed by atoms with van der Waals surface area (Å²) in [6.07, 6.45) is 5.60. The summed E-state index contributed by atoms with van der Waals surface area (Å²) >= 11 is 2.81. The van der Waals surface area contributed by atoms with Crippen LogP contribution in [0.4, 0.5) is 5.13 Å². The molecule has 158 valence electrons. The second-order valence-electron chi connectivity index (χ2n) is 6.72. The van der Waals surface area contributed by atoms with Gasteiger partial charge in [-0.05, 0) is 42.7 Å². The zero-order valence-corrected chi connectivity index (χ0v) is 18.2. The molecule has 1 atom stereocenters. The van der Waals surface area contributed by atoms with Gasteiger partial charge in [0.15, 0.2) is 5.13 Å². The topological polar surface area (TPSA) is 110 Å². The summed E-state index contributed by atoms with van der Waals surface area (Å²) in [5.41, 5.74) is 0.866. The molecule has 8 nitrogen and oxygen atoms in total. The van der Waals surface area contributed by atoms with E-state index in [2.05, 4.69) is 20.3 Å². The van der Waals surface area contributed by atoms with Gasteiger partial charge in [0.1, 0.15) is 6.04 Å². The minimum absolute atomic E-state index is 0.329. The van der Waals surface area contributed by atoms with Crippen LogP contribution in [0, 0.1) is 0 Å². The van der Waals surface area contributed by atoms with Crippen LogP contribution in [0.25, 0.3) is 22.2 Å². The Morgan fingerprint density at radius 3 is 2.87 bits per heavy atom. The number of nitrogens with one attached hydrogen (secondary N) is 2. The minimum atomic E-state index is -0.959. The van der Waals surface area contributed by atoms with E-state index in [1.54, 1.807) is 36.7 Å². The first-order chi connectivity index (χ1) is 15.1. The van der Waals surface area contributed by atoms with Gasteiger partial charge in [-0.2, -0.15) is 11.8 Å². The zero-order chi connectivity index (χ0) is 21.8. The molecule has 3 aromatic heterocycles. The summed E-state index contributed by atoms with van der Waals surface area (Å²) in [6, 6.07) is 9.48. The molecule has 10 heteroatoms. The number of aromatic amines is 1. The van der Waals surface area contributed by atoms with E-state index in [9.17, 15) is 14.4 Å². The molecule has 0 aliphatic carbocycles. The summed E-state index contributed by atoms with van der Waals surface area (Å²) in [5.74, 6) is 0.152. The van der Waals surface area contributed by atoms with Crippen molar-refractivity contribution < 1.29 is 4.79 Å². The van der Waals surface area contributed by atoms with Crippen molar-refractivity contribution in [3.63, 3.8) is 0 Å². The lowest BCUT2D eigenvalue weighted by Gasteiger charge is -2.18. The number of H-pyrrole nitrogens is 1. The molecule has 1 amide bonds. The number of aromatic nitrogens is 4. The smallest absolute Gasteiger partial charge is 0.307 e. The van der Waals surface area contributed by atoms with E-state index in [4.69, 9.17) is 0 Å². The monoisotopic (exact) mass is 453 g/mol. The predicted octanol–water partition coefficient (Wildman–Crippen LogP) is 3.14. The van der Waals surface area contributed by atoms with Gasteiger partial charge in [-0.15, -0.1) is 11.3 Å². The van der Waals surface area contributed by atoms with Crippen molar-refractivity contribution in [2.24, 2.45) is 0 Å². The van der Waals surface area contributed by atoms with E-state index in [1.165, 1.54) is 23.1 Å². The highest BCUT2D eigenvalue weighted by Gasteiger charge is 2.25. The lowest BCUT2D eigenvalue weighted by molar-refractivity contribution is -0.119. The average Bonchev–Trinajstić information content (AvgIpc) is 3.25. The van der Waals surface area contributed by atoms with Gasteiger partial charge in [0.05, 0.1) is 16.6 Å². The maximum atomic E-state index is 13.1. The number of carbonyl (C=O) groups is 1. The molecule has 1 aromatic carbocycles. The lowest BCUT2D eigenvalue weighted by atomic mass is 10.2. The Hall–Kier alpha value is -3.24. The van der Waals surface area contributed by atoms with E-state index in [0.717, 1.165) is 10.1 Å². The maximum Gasteiger partial charge on any atom is 0.329 e. The number of carbonyl (C=O) groups excluding carboxylic acids is 1. The lowest BCUT2D eigenvalue weighted by Crippen LogP contribution is -2.42. The fraction of sp³-hybridized carbons (Fsp3) is 0.190.